The molecule has 0 saturated carbocycles. The number of piperazine rings is 1. The molecular weight excluding hydrogens is 412 g/mol. The molecule has 1 aromatic carbocycles. The molecule has 29 heavy (non-hydrogen) atoms. The van der Waals surface area contributed by atoms with Crippen molar-refractivity contribution >= 4 is 27.3 Å². The van der Waals surface area contributed by atoms with Gasteiger partial charge in [-0.2, -0.15) is 4.31 Å². The third-order valence-corrected chi connectivity index (χ3v) is 8.26. The first-order chi connectivity index (χ1) is 13.7. The molecule has 1 saturated heterocycles. The molecule has 7 nitrogen and oxygen atoms in total. The molecule has 1 aliphatic heterocycles. The van der Waals surface area contributed by atoms with E-state index < -0.39 is 10.0 Å². The molecule has 0 atom stereocenters. The Morgan fingerprint density at radius 2 is 1.52 bits per heavy atom. The van der Waals surface area contributed by atoms with Gasteiger partial charge in [0.25, 0.3) is 5.91 Å². The van der Waals surface area contributed by atoms with Crippen molar-refractivity contribution in [3.63, 3.8) is 0 Å². The number of hydrogen-bond acceptors (Lipinski definition) is 6. The molecule has 0 spiro atoms. The standard InChI is InChI=1S/C20H26N2O5S2/c1-13-10-19(15(3)28-13)29(24,25)22-8-6-21(7-9-22)20(23)16-11-17(26-4)14(2)18(12-16)27-5/h10-12H,6-9H2,1-5H3. The summed E-state index contributed by atoms with van der Waals surface area (Å²) in [6.45, 7) is 6.78. The zero-order valence-corrected chi connectivity index (χ0v) is 18.9. The summed E-state index contributed by atoms with van der Waals surface area (Å²) in [7, 11) is -0.448. The maximum atomic E-state index is 13.0. The number of carbonyl (C=O) groups is 1. The zero-order valence-electron chi connectivity index (χ0n) is 17.3. The van der Waals surface area contributed by atoms with Gasteiger partial charge in [0.15, 0.2) is 0 Å². The molecule has 1 amide bonds. The van der Waals surface area contributed by atoms with E-state index in [1.165, 1.54) is 15.6 Å². The largest absolute Gasteiger partial charge is 0.496 e. The number of rotatable bonds is 5. The van der Waals surface area contributed by atoms with E-state index in [1.807, 2.05) is 20.8 Å². The van der Waals surface area contributed by atoms with Gasteiger partial charge in [0.1, 0.15) is 11.5 Å². The maximum Gasteiger partial charge on any atom is 0.254 e. The van der Waals surface area contributed by atoms with Crippen LogP contribution in [-0.2, 0) is 10.0 Å². The van der Waals surface area contributed by atoms with E-state index in [0.717, 1.165) is 15.3 Å². The lowest BCUT2D eigenvalue weighted by Gasteiger charge is -2.34. The highest BCUT2D eigenvalue weighted by Crippen LogP contribution is 2.31. The summed E-state index contributed by atoms with van der Waals surface area (Å²) in [6, 6.07) is 5.11. The predicted molar refractivity (Wildman–Crippen MR) is 113 cm³/mol. The molecule has 3 rings (SSSR count). The summed E-state index contributed by atoms with van der Waals surface area (Å²) in [5.41, 5.74) is 1.29. The average Bonchev–Trinajstić information content (AvgIpc) is 3.06. The van der Waals surface area contributed by atoms with E-state index in [2.05, 4.69) is 0 Å². The molecular formula is C20H26N2O5S2. The number of methoxy groups -OCH3 is 2. The Hall–Kier alpha value is -2.10. The Morgan fingerprint density at radius 3 is 1.97 bits per heavy atom. The topological polar surface area (TPSA) is 76.2 Å². The van der Waals surface area contributed by atoms with Crippen LogP contribution in [0.5, 0.6) is 11.5 Å². The van der Waals surface area contributed by atoms with E-state index >= 15 is 0 Å². The van der Waals surface area contributed by atoms with E-state index in [1.54, 1.807) is 37.3 Å². The van der Waals surface area contributed by atoms with Crippen molar-refractivity contribution in [2.24, 2.45) is 0 Å². The number of aryl methyl sites for hydroxylation is 2. The molecule has 0 bridgehead atoms. The number of amides is 1. The molecule has 9 heteroatoms. The summed E-state index contributed by atoms with van der Waals surface area (Å²) in [6.07, 6.45) is 0. The summed E-state index contributed by atoms with van der Waals surface area (Å²) in [5.74, 6) is 0.996. The fourth-order valence-electron chi connectivity index (χ4n) is 3.53. The number of thiophene rings is 1. The molecule has 2 heterocycles. The third-order valence-electron chi connectivity index (χ3n) is 5.14. The molecule has 1 fully saturated rings. The lowest BCUT2D eigenvalue weighted by Crippen LogP contribution is -2.50. The first-order valence-corrected chi connectivity index (χ1v) is 11.5. The van der Waals surface area contributed by atoms with Crippen LogP contribution in [-0.4, -0.2) is 63.9 Å². The van der Waals surface area contributed by atoms with Gasteiger partial charge in [0.2, 0.25) is 10.0 Å². The Labute approximate surface area is 175 Å². The normalized spacial score (nSPS) is 15.4. The van der Waals surface area contributed by atoms with Gasteiger partial charge in [-0.15, -0.1) is 11.3 Å². The number of hydrogen-bond donors (Lipinski definition) is 0. The van der Waals surface area contributed by atoms with Crippen molar-refractivity contribution in [2.45, 2.75) is 25.7 Å². The van der Waals surface area contributed by atoms with Gasteiger partial charge >= 0.3 is 0 Å². The van der Waals surface area contributed by atoms with Gasteiger partial charge in [0, 0.05) is 47.1 Å². The lowest BCUT2D eigenvalue weighted by molar-refractivity contribution is 0.0697. The molecule has 1 aliphatic rings. The molecule has 158 valence electrons. The van der Waals surface area contributed by atoms with Crippen molar-refractivity contribution in [3.05, 3.63) is 39.1 Å². The number of sulfonamides is 1. The molecule has 1 aromatic heterocycles. The highest BCUT2D eigenvalue weighted by atomic mass is 32.2. The van der Waals surface area contributed by atoms with Crippen molar-refractivity contribution < 1.29 is 22.7 Å². The number of carbonyl (C=O) groups excluding carboxylic acids is 1. The second kappa shape index (κ2) is 8.33. The second-order valence-corrected chi connectivity index (χ2v) is 10.3. The highest BCUT2D eigenvalue weighted by molar-refractivity contribution is 7.89. The number of benzene rings is 1. The summed E-state index contributed by atoms with van der Waals surface area (Å²) >= 11 is 1.48. The minimum Gasteiger partial charge on any atom is -0.496 e. The predicted octanol–water partition coefficient (Wildman–Crippen LogP) is 2.84. The Balaban J connectivity index is 1.76. The van der Waals surface area contributed by atoms with Crippen molar-refractivity contribution in [3.8, 4) is 11.5 Å². The molecule has 2 aromatic rings. The first kappa shape index (κ1) is 21.6. The smallest absolute Gasteiger partial charge is 0.254 e. The van der Waals surface area contributed by atoms with Crippen LogP contribution >= 0.6 is 11.3 Å². The van der Waals surface area contributed by atoms with Crippen molar-refractivity contribution in [2.75, 3.05) is 40.4 Å². The van der Waals surface area contributed by atoms with Crippen molar-refractivity contribution in [1.82, 2.24) is 9.21 Å². The van der Waals surface area contributed by atoms with Crippen LogP contribution in [0.1, 0.15) is 25.7 Å². The van der Waals surface area contributed by atoms with Crippen LogP contribution in [0.15, 0.2) is 23.1 Å². The van der Waals surface area contributed by atoms with Gasteiger partial charge in [0.05, 0.1) is 19.1 Å². The SMILES string of the molecule is COc1cc(C(=O)N2CCN(S(=O)(=O)c3cc(C)sc3C)CC2)cc(OC)c1C. The monoisotopic (exact) mass is 438 g/mol. The van der Waals surface area contributed by atoms with Gasteiger partial charge in [-0.25, -0.2) is 8.42 Å². The Kier molecular flexibility index (Phi) is 6.21. The van der Waals surface area contributed by atoms with Crippen LogP contribution in [0, 0.1) is 20.8 Å². The summed E-state index contributed by atoms with van der Waals surface area (Å²) in [5, 5.41) is 0. The van der Waals surface area contributed by atoms with Crippen LogP contribution < -0.4 is 9.47 Å². The highest BCUT2D eigenvalue weighted by Gasteiger charge is 2.32. The first-order valence-electron chi connectivity index (χ1n) is 9.28. The number of ether oxygens (including phenoxy) is 2. The summed E-state index contributed by atoms with van der Waals surface area (Å²) < 4.78 is 38.1. The second-order valence-electron chi connectivity index (χ2n) is 6.98. The molecule has 0 N–H and O–H groups in total. The van der Waals surface area contributed by atoms with Crippen LogP contribution in [0.4, 0.5) is 0 Å². The van der Waals surface area contributed by atoms with Crippen molar-refractivity contribution in [1.29, 1.82) is 0 Å². The van der Waals surface area contributed by atoms with E-state index in [-0.39, 0.29) is 19.0 Å². The molecule has 0 radical (unpaired) electrons. The fraction of sp³-hybridized carbons (Fsp3) is 0.450. The maximum absolute atomic E-state index is 13.0. The van der Waals surface area contributed by atoms with Gasteiger partial charge in [-0.3, -0.25) is 4.79 Å². The van der Waals surface area contributed by atoms with Gasteiger partial charge in [-0.1, -0.05) is 0 Å². The van der Waals surface area contributed by atoms with Gasteiger partial charge < -0.3 is 14.4 Å². The quantitative estimate of drug-likeness (QED) is 0.718. The van der Waals surface area contributed by atoms with Gasteiger partial charge in [-0.05, 0) is 39.0 Å². The lowest BCUT2D eigenvalue weighted by atomic mass is 10.1. The Morgan fingerprint density at radius 1 is 0.966 bits per heavy atom. The number of nitrogens with zero attached hydrogens (tertiary/aromatic N) is 2. The zero-order chi connectivity index (χ0) is 21.3. The van der Waals surface area contributed by atoms with E-state index in [4.69, 9.17) is 9.47 Å². The Bertz CT molecular complexity index is 996. The minimum atomic E-state index is -3.55. The fourth-order valence-corrected chi connectivity index (χ4v) is 6.47. The summed E-state index contributed by atoms with van der Waals surface area (Å²) in [4.78, 5) is 16.8. The molecule has 0 unspecified atom stereocenters. The minimum absolute atomic E-state index is 0.166. The average molecular weight is 439 g/mol. The van der Waals surface area contributed by atoms with Crippen LogP contribution in [0.3, 0.4) is 0 Å². The van der Waals surface area contributed by atoms with E-state index in [0.29, 0.717) is 35.0 Å². The third kappa shape index (κ3) is 4.12. The molecule has 0 aliphatic carbocycles. The van der Waals surface area contributed by atoms with Crippen LogP contribution in [0.25, 0.3) is 0 Å². The van der Waals surface area contributed by atoms with Crippen LogP contribution in [0.2, 0.25) is 0 Å². The van der Waals surface area contributed by atoms with E-state index in [9.17, 15) is 13.2 Å².